The number of halogens is 2. The SMILES string of the molecule is CCCNC(=O)c1c(O)c2ncc(Cc3ccc(F)c(F)c3)cc2n(C)c1=O. The molecule has 0 bridgehead atoms. The fraction of sp³-hybridized carbons (Fsp3) is 0.250. The Morgan fingerprint density at radius 2 is 1.96 bits per heavy atom. The van der Waals surface area contributed by atoms with Crippen LogP contribution in [0.1, 0.15) is 34.8 Å². The lowest BCUT2D eigenvalue weighted by atomic mass is 10.0. The first kappa shape index (κ1) is 19.5. The summed E-state index contributed by atoms with van der Waals surface area (Å²) in [6.45, 7) is 2.24. The molecule has 0 unspecified atom stereocenters. The van der Waals surface area contributed by atoms with Crippen molar-refractivity contribution < 1.29 is 18.7 Å². The van der Waals surface area contributed by atoms with Crippen molar-refractivity contribution in [1.82, 2.24) is 14.9 Å². The van der Waals surface area contributed by atoms with Gasteiger partial charge in [-0.05, 0) is 42.2 Å². The highest BCUT2D eigenvalue weighted by atomic mass is 19.2. The second-order valence-electron chi connectivity index (χ2n) is 6.48. The molecule has 2 heterocycles. The number of benzene rings is 1. The molecule has 1 aromatic carbocycles. The summed E-state index contributed by atoms with van der Waals surface area (Å²) in [5.74, 6) is -3.01. The van der Waals surface area contributed by atoms with Crippen molar-refractivity contribution in [3.63, 3.8) is 0 Å². The topological polar surface area (TPSA) is 84.2 Å². The lowest BCUT2D eigenvalue weighted by molar-refractivity contribution is 0.0949. The van der Waals surface area contributed by atoms with E-state index in [9.17, 15) is 23.5 Å². The molecule has 3 aromatic rings. The Bertz CT molecular complexity index is 1130. The predicted octanol–water partition coefficient (Wildman–Crippen LogP) is 2.65. The average molecular weight is 387 g/mol. The molecule has 8 heteroatoms. The number of hydrogen-bond donors (Lipinski definition) is 2. The summed E-state index contributed by atoms with van der Waals surface area (Å²) in [7, 11) is 1.48. The Labute approximate surface area is 159 Å². The smallest absolute Gasteiger partial charge is 0.267 e. The van der Waals surface area contributed by atoms with Crippen LogP contribution in [0.25, 0.3) is 11.0 Å². The van der Waals surface area contributed by atoms with Gasteiger partial charge in [0, 0.05) is 19.8 Å². The summed E-state index contributed by atoms with van der Waals surface area (Å²) in [6, 6.07) is 5.22. The minimum Gasteiger partial charge on any atom is -0.505 e. The van der Waals surface area contributed by atoms with Crippen LogP contribution in [0.5, 0.6) is 5.75 Å². The van der Waals surface area contributed by atoms with Gasteiger partial charge >= 0.3 is 0 Å². The molecule has 2 N–H and O–H groups in total. The number of hydrogen-bond acceptors (Lipinski definition) is 4. The third kappa shape index (κ3) is 3.58. The number of fused-ring (bicyclic) bond motifs is 1. The van der Waals surface area contributed by atoms with E-state index in [2.05, 4.69) is 10.3 Å². The Kier molecular flexibility index (Phi) is 5.39. The molecule has 28 heavy (non-hydrogen) atoms. The van der Waals surface area contributed by atoms with Crippen molar-refractivity contribution >= 4 is 16.9 Å². The number of aromatic nitrogens is 2. The second kappa shape index (κ2) is 7.75. The van der Waals surface area contributed by atoms with Gasteiger partial charge in [0.05, 0.1) is 5.52 Å². The zero-order valence-corrected chi connectivity index (χ0v) is 15.4. The number of nitrogens with zero attached hydrogens (tertiary/aromatic N) is 2. The lowest BCUT2D eigenvalue weighted by Gasteiger charge is -2.12. The highest BCUT2D eigenvalue weighted by Crippen LogP contribution is 2.25. The van der Waals surface area contributed by atoms with Gasteiger partial charge in [-0.2, -0.15) is 0 Å². The van der Waals surface area contributed by atoms with Crippen molar-refractivity contribution in [2.24, 2.45) is 7.05 Å². The molecule has 146 valence electrons. The van der Waals surface area contributed by atoms with Crippen LogP contribution in [0.15, 0.2) is 35.3 Å². The number of amides is 1. The van der Waals surface area contributed by atoms with Gasteiger partial charge < -0.3 is 15.0 Å². The molecular formula is C20H19F2N3O3. The predicted molar refractivity (Wildman–Crippen MR) is 100 cm³/mol. The van der Waals surface area contributed by atoms with Gasteiger partial charge in [-0.3, -0.25) is 14.6 Å². The van der Waals surface area contributed by atoms with Crippen LogP contribution in [0, 0.1) is 11.6 Å². The quantitative estimate of drug-likeness (QED) is 0.705. The number of carbonyl (C=O) groups is 1. The Hall–Kier alpha value is -3.29. The van der Waals surface area contributed by atoms with E-state index in [1.807, 2.05) is 6.92 Å². The minimum atomic E-state index is -0.945. The lowest BCUT2D eigenvalue weighted by Crippen LogP contribution is -2.33. The number of nitrogens with one attached hydrogen (secondary N) is 1. The molecule has 0 saturated heterocycles. The first-order valence-corrected chi connectivity index (χ1v) is 8.76. The number of aromatic hydroxyl groups is 1. The first-order valence-electron chi connectivity index (χ1n) is 8.76. The third-order valence-electron chi connectivity index (χ3n) is 4.42. The van der Waals surface area contributed by atoms with Crippen molar-refractivity contribution in [2.45, 2.75) is 19.8 Å². The summed E-state index contributed by atoms with van der Waals surface area (Å²) >= 11 is 0. The first-order chi connectivity index (χ1) is 13.3. The molecule has 1 amide bonds. The van der Waals surface area contributed by atoms with E-state index in [0.717, 1.165) is 12.1 Å². The van der Waals surface area contributed by atoms with Gasteiger partial charge in [0.25, 0.3) is 11.5 Å². The summed E-state index contributed by atoms with van der Waals surface area (Å²) < 4.78 is 27.7. The molecule has 0 aliphatic rings. The maximum atomic E-state index is 13.4. The molecule has 0 aliphatic heterocycles. The molecule has 0 aliphatic carbocycles. The van der Waals surface area contributed by atoms with E-state index < -0.39 is 28.9 Å². The van der Waals surface area contributed by atoms with Crippen LogP contribution in [-0.4, -0.2) is 27.1 Å². The molecule has 0 saturated carbocycles. The number of aryl methyl sites for hydroxylation is 1. The van der Waals surface area contributed by atoms with Gasteiger partial charge in [0.1, 0.15) is 11.1 Å². The van der Waals surface area contributed by atoms with Gasteiger partial charge in [0.15, 0.2) is 17.4 Å². The van der Waals surface area contributed by atoms with Crippen molar-refractivity contribution in [1.29, 1.82) is 0 Å². The largest absolute Gasteiger partial charge is 0.505 e. The van der Waals surface area contributed by atoms with Crippen LogP contribution in [-0.2, 0) is 13.5 Å². The molecule has 0 spiro atoms. The second-order valence-corrected chi connectivity index (χ2v) is 6.48. The van der Waals surface area contributed by atoms with Gasteiger partial charge in [0.2, 0.25) is 0 Å². The zero-order chi connectivity index (χ0) is 20.4. The maximum absolute atomic E-state index is 13.4. The molecule has 2 aromatic heterocycles. The van der Waals surface area contributed by atoms with E-state index in [-0.39, 0.29) is 17.5 Å². The average Bonchev–Trinajstić information content (AvgIpc) is 2.67. The zero-order valence-electron chi connectivity index (χ0n) is 15.4. The van der Waals surface area contributed by atoms with Crippen LogP contribution in [0.2, 0.25) is 0 Å². The Morgan fingerprint density at radius 1 is 1.21 bits per heavy atom. The molecule has 0 radical (unpaired) electrons. The molecule has 0 atom stereocenters. The maximum Gasteiger partial charge on any atom is 0.267 e. The van der Waals surface area contributed by atoms with E-state index in [1.165, 1.54) is 23.9 Å². The highest BCUT2D eigenvalue weighted by Gasteiger charge is 2.22. The van der Waals surface area contributed by atoms with E-state index in [4.69, 9.17) is 0 Å². The fourth-order valence-corrected chi connectivity index (χ4v) is 2.94. The van der Waals surface area contributed by atoms with E-state index >= 15 is 0 Å². The summed E-state index contributed by atoms with van der Waals surface area (Å²) in [5, 5.41) is 13.0. The number of rotatable bonds is 5. The van der Waals surface area contributed by atoms with Crippen LogP contribution >= 0.6 is 0 Å². The summed E-state index contributed by atoms with van der Waals surface area (Å²) in [6.07, 6.45) is 2.40. The monoisotopic (exact) mass is 387 g/mol. The summed E-state index contributed by atoms with van der Waals surface area (Å²) in [5.41, 5.74) is 0.600. The van der Waals surface area contributed by atoms with Crippen molar-refractivity contribution in [3.05, 3.63) is 69.1 Å². The van der Waals surface area contributed by atoms with Gasteiger partial charge in [-0.1, -0.05) is 13.0 Å². The van der Waals surface area contributed by atoms with E-state index in [0.29, 0.717) is 29.6 Å². The standard InChI is InChI=1S/C20H19F2N3O3/c1-3-6-23-19(27)16-18(26)17-15(25(2)20(16)28)9-12(10-24-17)7-11-4-5-13(21)14(22)8-11/h4-5,8-10,26H,3,6-7H2,1-2H3,(H,23,27). The van der Waals surface area contributed by atoms with Crippen molar-refractivity contribution in [3.8, 4) is 5.75 Å². The minimum absolute atomic E-state index is 0.109. The Balaban J connectivity index is 2.05. The van der Waals surface area contributed by atoms with Crippen LogP contribution < -0.4 is 10.9 Å². The van der Waals surface area contributed by atoms with E-state index in [1.54, 1.807) is 6.07 Å². The molecule has 6 nitrogen and oxygen atoms in total. The fourth-order valence-electron chi connectivity index (χ4n) is 2.94. The summed E-state index contributed by atoms with van der Waals surface area (Å²) in [4.78, 5) is 29.0. The van der Waals surface area contributed by atoms with Gasteiger partial charge in [-0.25, -0.2) is 8.78 Å². The molecule has 0 fully saturated rings. The Morgan fingerprint density at radius 3 is 2.64 bits per heavy atom. The third-order valence-corrected chi connectivity index (χ3v) is 4.42. The normalized spacial score (nSPS) is 11.0. The molecular weight excluding hydrogens is 368 g/mol. The van der Waals surface area contributed by atoms with Crippen LogP contribution in [0.4, 0.5) is 8.78 Å². The van der Waals surface area contributed by atoms with Crippen LogP contribution in [0.3, 0.4) is 0 Å². The van der Waals surface area contributed by atoms with Crippen molar-refractivity contribution in [2.75, 3.05) is 6.54 Å². The number of carbonyl (C=O) groups excluding carboxylic acids is 1. The number of pyridine rings is 2. The van der Waals surface area contributed by atoms with Gasteiger partial charge in [-0.15, -0.1) is 0 Å². The highest BCUT2D eigenvalue weighted by molar-refractivity contribution is 6.01. The molecule has 3 rings (SSSR count).